The number of carbonyl (C=O) groups is 2. The highest BCUT2D eigenvalue weighted by Crippen LogP contribution is 2.51. The number of ether oxygens (including phenoxy) is 1. The number of esters is 1. The molecule has 8 heteroatoms. The Kier molecular flexibility index (Phi) is 5.19. The maximum atomic E-state index is 12.8. The van der Waals surface area contributed by atoms with Crippen LogP contribution < -0.4 is 4.31 Å². The van der Waals surface area contributed by atoms with E-state index in [0.717, 1.165) is 32.5 Å². The molecule has 1 amide bonds. The van der Waals surface area contributed by atoms with Gasteiger partial charge in [-0.1, -0.05) is 25.1 Å². The van der Waals surface area contributed by atoms with Crippen molar-refractivity contribution < 1.29 is 24.5 Å². The summed E-state index contributed by atoms with van der Waals surface area (Å²) in [5, 5.41) is 21.8. The minimum Gasteiger partial charge on any atom is -0.464 e. The summed E-state index contributed by atoms with van der Waals surface area (Å²) in [4.78, 5) is 28.1. The first kappa shape index (κ1) is 21.3. The first-order valence-corrected chi connectivity index (χ1v) is 11.6. The predicted molar refractivity (Wildman–Crippen MR) is 122 cm³/mol. The number of hydrogen-bond acceptors (Lipinski definition) is 7. The number of rotatable bonds is 6. The van der Waals surface area contributed by atoms with Crippen molar-refractivity contribution in [3.8, 4) is 0 Å². The second-order valence-corrected chi connectivity index (χ2v) is 9.75. The van der Waals surface area contributed by atoms with Crippen molar-refractivity contribution in [2.24, 2.45) is 11.8 Å². The van der Waals surface area contributed by atoms with Gasteiger partial charge in [-0.2, -0.15) is 0 Å². The van der Waals surface area contributed by atoms with Crippen LogP contribution in [0.15, 0.2) is 46.5 Å². The van der Waals surface area contributed by atoms with E-state index in [4.69, 9.17) is 4.74 Å². The maximum Gasteiger partial charge on any atom is 0.354 e. The number of β-lactam (4-membered cyclic amide) rings is 1. The monoisotopic (exact) mass is 454 g/mol. The number of methoxy groups -OCH3 is 1. The highest BCUT2D eigenvalue weighted by Gasteiger charge is 2.60. The fourth-order valence-electron chi connectivity index (χ4n) is 5.36. The van der Waals surface area contributed by atoms with E-state index in [1.54, 1.807) is 18.9 Å². The van der Waals surface area contributed by atoms with Crippen LogP contribution in [0.5, 0.6) is 0 Å². The SMILES string of the molecule is COC(=O)C1=C(CN2Sc3cc(CCO)cc4cccc2c34)[C@H](C)C2[C@@H](C(C)O)C(=O)N12. The summed E-state index contributed by atoms with van der Waals surface area (Å²) < 4.78 is 7.19. The summed E-state index contributed by atoms with van der Waals surface area (Å²) in [6.45, 7) is 4.20. The van der Waals surface area contributed by atoms with Crippen LogP contribution in [-0.4, -0.2) is 59.4 Å². The van der Waals surface area contributed by atoms with Crippen molar-refractivity contribution in [1.29, 1.82) is 0 Å². The van der Waals surface area contributed by atoms with E-state index in [-0.39, 0.29) is 24.5 Å². The van der Waals surface area contributed by atoms with Gasteiger partial charge in [-0.05, 0) is 53.9 Å². The fourth-order valence-corrected chi connectivity index (χ4v) is 6.57. The number of aliphatic hydroxyl groups excluding tert-OH is 2. The number of nitrogens with zero attached hydrogens (tertiary/aromatic N) is 2. The lowest BCUT2D eigenvalue weighted by molar-refractivity contribution is -0.163. The first-order chi connectivity index (χ1) is 15.4. The molecule has 2 aromatic carbocycles. The van der Waals surface area contributed by atoms with Crippen molar-refractivity contribution >= 4 is 40.3 Å². The second kappa shape index (κ2) is 7.79. The van der Waals surface area contributed by atoms with Crippen molar-refractivity contribution in [3.05, 3.63) is 47.2 Å². The minimum atomic E-state index is -0.770. The standard InChI is InChI=1S/C24H26N2O5S/c1-12-16(22(24(30)31-3)26-21(12)19(13(2)28)23(26)29)11-25-17-6-4-5-15-9-14(7-8-27)10-18(32-25)20(15)17/h4-6,9-10,12-13,19,21,27-28H,7-8,11H2,1-3H3/t12-,13?,19+,21?/m0/s1. The number of benzene rings is 2. The fraction of sp³-hybridized carbons (Fsp3) is 0.417. The van der Waals surface area contributed by atoms with E-state index in [0.29, 0.717) is 18.7 Å². The number of carbonyl (C=O) groups excluding carboxylic acids is 2. The number of hydrogen-bond donors (Lipinski definition) is 2. The Labute approximate surface area is 190 Å². The quantitative estimate of drug-likeness (QED) is 0.394. The second-order valence-electron chi connectivity index (χ2n) is 8.69. The Morgan fingerprint density at radius 3 is 2.78 bits per heavy atom. The largest absolute Gasteiger partial charge is 0.464 e. The zero-order chi connectivity index (χ0) is 22.7. The molecule has 1 fully saturated rings. The molecule has 2 unspecified atom stereocenters. The lowest BCUT2D eigenvalue weighted by Gasteiger charge is -2.46. The molecule has 2 N–H and O–H groups in total. The molecule has 168 valence electrons. The summed E-state index contributed by atoms with van der Waals surface area (Å²) in [7, 11) is 1.32. The molecule has 3 aliphatic heterocycles. The Bertz CT molecular complexity index is 1160. The lowest BCUT2D eigenvalue weighted by Crippen LogP contribution is -2.63. The number of amides is 1. The highest BCUT2D eigenvalue weighted by atomic mass is 32.2. The van der Waals surface area contributed by atoms with Gasteiger partial charge in [-0.15, -0.1) is 0 Å². The van der Waals surface area contributed by atoms with E-state index in [1.165, 1.54) is 12.0 Å². The number of anilines is 1. The summed E-state index contributed by atoms with van der Waals surface area (Å²) in [5.41, 5.74) is 3.32. The summed E-state index contributed by atoms with van der Waals surface area (Å²) in [6, 6.07) is 10.1. The average Bonchev–Trinajstić information content (AvgIpc) is 3.22. The van der Waals surface area contributed by atoms with Gasteiger partial charge in [0, 0.05) is 22.8 Å². The zero-order valence-corrected chi connectivity index (χ0v) is 19.1. The first-order valence-electron chi connectivity index (χ1n) is 10.8. The highest BCUT2D eigenvalue weighted by molar-refractivity contribution is 8.01. The van der Waals surface area contributed by atoms with Crippen molar-refractivity contribution in [3.63, 3.8) is 0 Å². The van der Waals surface area contributed by atoms with Crippen LogP contribution in [0.3, 0.4) is 0 Å². The third-order valence-corrected chi connectivity index (χ3v) is 7.93. The lowest BCUT2D eigenvalue weighted by atomic mass is 9.78. The third-order valence-electron chi connectivity index (χ3n) is 6.86. The predicted octanol–water partition coefficient (Wildman–Crippen LogP) is 2.49. The van der Waals surface area contributed by atoms with Gasteiger partial charge in [0.1, 0.15) is 5.70 Å². The van der Waals surface area contributed by atoms with Crippen LogP contribution in [-0.2, 0) is 20.7 Å². The molecular formula is C24H26N2O5S. The smallest absolute Gasteiger partial charge is 0.354 e. The minimum absolute atomic E-state index is 0.0742. The van der Waals surface area contributed by atoms with Crippen molar-refractivity contribution in [2.45, 2.75) is 37.3 Å². The van der Waals surface area contributed by atoms with E-state index in [1.807, 2.05) is 13.0 Å². The molecule has 0 spiro atoms. The van der Waals surface area contributed by atoms with Gasteiger partial charge in [0.2, 0.25) is 5.91 Å². The van der Waals surface area contributed by atoms with E-state index < -0.39 is 18.0 Å². The van der Waals surface area contributed by atoms with Crippen LogP contribution in [0.2, 0.25) is 0 Å². The van der Waals surface area contributed by atoms with Crippen LogP contribution in [0.4, 0.5) is 5.69 Å². The van der Waals surface area contributed by atoms with E-state index in [9.17, 15) is 19.8 Å². The van der Waals surface area contributed by atoms with Gasteiger partial charge in [0.25, 0.3) is 0 Å². The molecule has 1 saturated heterocycles. The topological polar surface area (TPSA) is 90.3 Å². The third kappa shape index (κ3) is 2.97. The Balaban J connectivity index is 1.52. The van der Waals surface area contributed by atoms with Crippen molar-refractivity contribution in [1.82, 2.24) is 4.90 Å². The molecule has 32 heavy (non-hydrogen) atoms. The Hall–Kier alpha value is -2.55. The van der Waals surface area contributed by atoms with Gasteiger partial charge in [0.05, 0.1) is 37.4 Å². The molecule has 4 atom stereocenters. The van der Waals surface area contributed by atoms with Crippen molar-refractivity contribution in [2.75, 3.05) is 24.6 Å². The summed E-state index contributed by atoms with van der Waals surface area (Å²) in [5.74, 6) is -1.32. The number of fused-ring (bicyclic) bond motifs is 1. The van der Waals surface area contributed by atoms with Gasteiger partial charge < -0.3 is 24.2 Å². The van der Waals surface area contributed by atoms with Crippen LogP contribution >= 0.6 is 11.9 Å². The molecule has 0 saturated carbocycles. The molecule has 0 aromatic heterocycles. The van der Waals surface area contributed by atoms with E-state index >= 15 is 0 Å². The molecule has 3 aliphatic rings. The van der Waals surface area contributed by atoms with E-state index in [2.05, 4.69) is 28.6 Å². The molecule has 5 rings (SSSR count). The van der Waals surface area contributed by atoms with Crippen LogP contribution in [0, 0.1) is 11.8 Å². The summed E-state index contributed by atoms with van der Waals surface area (Å²) in [6.07, 6.45) is -0.171. The molecule has 0 radical (unpaired) electrons. The van der Waals surface area contributed by atoms with Gasteiger partial charge in [-0.25, -0.2) is 4.79 Å². The Morgan fingerprint density at radius 1 is 1.31 bits per heavy atom. The molecule has 0 bridgehead atoms. The summed E-state index contributed by atoms with van der Waals surface area (Å²) >= 11 is 1.61. The van der Waals surface area contributed by atoms with Crippen LogP contribution in [0.1, 0.15) is 19.4 Å². The maximum absolute atomic E-state index is 12.8. The molecular weight excluding hydrogens is 428 g/mol. The molecule has 0 aliphatic carbocycles. The molecule has 2 aromatic rings. The van der Waals surface area contributed by atoms with Gasteiger partial charge >= 0.3 is 5.97 Å². The molecule has 7 nitrogen and oxygen atoms in total. The Morgan fingerprint density at radius 2 is 2.09 bits per heavy atom. The normalized spacial score (nSPS) is 24.8. The van der Waals surface area contributed by atoms with Gasteiger partial charge in [0.15, 0.2) is 0 Å². The van der Waals surface area contributed by atoms with Crippen LogP contribution in [0.25, 0.3) is 10.8 Å². The van der Waals surface area contributed by atoms with Gasteiger partial charge in [-0.3, -0.25) is 4.79 Å². The zero-order valence-electron chi connectivity index (χ0n) is 18.2. The molecule has 3 heterocycles. The number of aliphatic hydroxyl groups is 2. The average molecular weight is 455 g/mol.